The molecule has 90 valence electrons. The molecule has 17 heavy (non-hydrogen) atoms. The number of carbonyl (C=O) groups is 1. The van der Waals surface area contributed by atoms with E-state index < -0.39 is 0 Å². The molecule has 0 saturated heterocycles. The topological polar surface area (TPSA) is 76.1 Å². The zero-order chi connectivity index (χ0) is 12.8. The van der Waals surface area contributed by atoms with Crippen LogP contribution in [-0.2, 0) is 22.5 Å². The summed E-state index contributed by atoms with van der Waals surface area (Å²) in [4.78, 5) is 11.4. The fraction of sp³-hybridized carbons (Fsp3) is 0.385. The molecular weight excluding hydrogens is 216 g/mol. The first-order valence-corrected chi connectivity index (χ1v) is 5.50. The van der Waals surface area contributed by atoms with Crippen molar-refractivity contribution in [2.75, 3.05) is 6.61 Å². The van der Waals surface area contributed by atoms with Crippen molar-refractivity contribution < 1.29 is 9.53 Å². The van der Waals surface area contributed by atoms with Gasteiger partial charge in [-0.25, -0.2) is 0 Å². The Morgan fingerprint density at radius 2 is 2.24 bits per heavy atom. The fourth-order valence-corrected chi connectivity index (χ4v) is 1.74. The third kappa shape index (κ3) is 3.30. The number of nitrogens with two attached hydrogens (primary N) is 1. The molecule has 0 saturated carbocycles. The Bertz CT molecular complexity index is 461. The summed E-state index contributed by atoms with van der Waals surface area (Å²) in [6.45, 7) is 4.28. The smallest absolute Gasteiger partial charge is 0.310 e. The summed E-state index contributed by atoms with van der Waals surface area (Å²) in [5, 5.41) is 8.99. The maximum Gasteiger partial charge on any atom is 0.310 e. The molecule has 1 rings (SSSR count). The lowest BCUT2D eigenvalue weighted by atomic mass is 9.98. The van der Waals surface area contributed by atoms with Gasteiger partial charge in [0.05, 0.1) is 24.7 Å². The number of hydrogen-bond acceptors (Lipinski definition) is 4. The van der Waals surface area contributed by atoms with Gasteiger partial charge in [0.2, 0.25) is 0 Å². The maximum atomic E-state index is 11.4. The molecule has 0 aliphatic rings. The minimum Gasteiger partial charge on any atom is -0.466 e. The molecule has 0 bridgehead atoms. The van der Waals surface area contributed by atoms with E-state index in [0.29, 0.717) is 18.7 Å². The van der Waals surface area contributed by atoms with Crippen LogP contribution < -0.4 is 5.73 Å². The molecule has 4 heteroatoms. The van der Waals surface area contributed by atoms with E-state index in [1.165, 1.54) is 0 Å². The second kappa shape index (κ2) is 6.02. The summed E-state index contributed by atoms with van der Waals surface area (Å²) < 4.78 is 4.88. The largest absolute Gasteiger partial charge is 0.466 e. The Balaban J connectivity index is 3.00. The summed E-state index contributed by atoms with van der Waals surface area (Å²) in [5.74, 6) is -0.264. The molecule has 0 amide bonds. The number of nitrogens with zero attached hydrogens (tertiary/aromatic N) is 1. The van der Waals surface area contributed by atoms with Crippen molar-refractivity contribution in [3.8, 4) is 6.07 Å². The molecule has 0 unspecified atom stereocenters. The third-order valence-electron chi connectivity index (χ3n) is 2.46. The molecular formula is C13H16N2O2. The highest BCUT2D eigenvalue weighted by Gasteiger charge is 2.10. The van der Waals surface area contributed by atoms with Crippen molar-refractivity contribution >= 4 is 5.97 Å². The lowest BCUT2D eigenvalue weighted by Gasteiger charge is -2.08. The van der Waals surface area contributed by atoms with E-state index >= 15 is 0 Å². The van der Waals surface area contributed by atoms with Gasteiger partial charge in [0, 0.05) is 6.54 Å². The van der Waals surface area contributed by atoms with Gasteiger partial charge in [0.1, 0.15) is 0 Å². The zero-order valence-electron chi connectivity index (χ0n) is 10.1. The van der Waals surface area contributed by atoms with Gasteiger partial charge in [0.25, 0.3) is 0 Å². The highest BCUT2D eigenvalue weighted by molar-refractivity contribution is 5.73. The molecule has 1 aromatic carbocycles. The lowest BCUT2D eigenvalue weighted by molar-refractivity contribution is -0.142. The van der Waals surface area contributed by atoms with Crippen LogP contribution in [0.3, 0.4) is 0 Å². The molecule has 0 fully saturated rings. The van der Waals surface area contributed by atoms with Crippen molar-refractivity contribution in [1.82, 2.24) is 0 Å². The van der Waals surface area contributed by atoms with E-state index in [0.717, 1.165) is 16.7 Å². The highest BCUT2D eigenvalue weighted by atomic mass is 16.5. The Hall–Kier alpha value is -1.86. The summed E-state index contributed by atoms with van der Waals surface area (Å²) in [5.41, 5.74) is 8.63. The molecule has 4 nitrogen and oxygen atoms in total. The first kappa shape index (κ1) is 13.2. The number of esters is 1. The first-order chi connectivity index (χ1) is 8.12. The SMILES string of the molecule is CCOC(=O)Cc1cc(C)c(C#N)c(CN)c1. The van der Waals surface area contributed by atoms with Gasteiger partial charge in [0.15, 0.2) is 0 Å². The van der Waals surface area contributed by atoms with Gasteiger partial charge >= 0.3 is 5.97 Å². The first-order valence-electron chi connectivity index (χ1n) is 5.50. The Morgan fingerprint density at radius 1 is 1.53 bits per heavy atom. The van der Waals surface area contributed by atoms with E-state index in [2.05, 4.69) is 6.07 Å². The molecule has 2 N–H and O–H groups in total. The van der Waals surface area contributed by atoms with Crippen LogP contribution in [0.2, 0.25) is 0 Å². The summed E-state index contributed by atoms with van der Waals surface area (Å²) in [6.07, 6.45) is 0.216. The minimum atomic E-state index is -0.264. The van der Waals surface area contributed by atoms with E-state index in [1.54, 1.807) is 13.0 Å². The van der Waals surface area contributed by atoms with Crippen molar-refractivity contribution in [3.05, 3.63) is 34.4 Å². The fourth-order valence-electron chi connectivity index (χ4n) is 1.74. The van der Waals surface area contributed by atoms with Crippen molar-refractivity contribution in [1.29, 1.82) is 5.26 Å². The van der Waals surface area contributed by atoms with Crippen LogP contribution in [0.15, 0.2) is 12.1 Å². The highest BCUT2D eigenvalue weighted by Crippen LogP contribution is 2.17. The number of aryl methyl sites for hydroxylation is 1. The normalized spacial score (nSPS) is 9.76. The number of carbonyl (C=O) groups excluding carboxylic acids is 1. The second-order valence-electron chi connectivity index (χ2n) is 3.74. The van der Waals surface area contributed by atoms with Gasteiger partial charge in [-0.1, -0.05) is 12.1 Å². The molecule has 0 atom stereocenters. The standard InChI is InChI=1S/C13H16N2O2/c1-3-17-13(16)6-10-4-9(2)12(8-15)11(5-10)7-14/h4-5H,3,6-7,14H2,1-2H3. The number of ether oxygens (including phenoxy) is 1. The van der Waals surface area contributed by atoms with Crippen LogP contribution in [0.4, 0.5) is 0 Å². The van der Waals surface area contributed by atoms with Gasteiger partial charge < -0.3 is 10.5 Å². The van der Waals surface area contributed by atoms with E-state index in [9.17, 15) is 4.79 Å². The predicted molar refractivity (Wildman–Crippen MR) is 64.1 cm³/mol. The van der Waals surface area contributed by atoms with E-state index in [-0.39, 0.29) is 12.4 Å². The molecule has 0 radical (unpaired) electrons. The van der Waals surface area contributed by atoms with Gasteiger partial charge in [-0.05, 0) is 30.5 Å². The number of benzene rings is 1. The molecule has 0 aliphatic carbocycles. The van der Waals surface area contributed by atoms with Crippen LogP contribution in [0.1, 0.15) is 29.2 Å². The second-order valence-corrected chi connectivity index (χ2v) is 3.74. The van der Waals surface area contributed by atoms with Crippen molar-refractivity contribution in [2.45, 2.75) is 26.8 Å². The van der Waals surface area contributed by atoms with Crippen LogP contribution >= 0.6 is 0 Å². The predicted octanol–water partition coefficient (Wildman–Crippen LogP) is 1.43. The Morgan fingerprint density at radius 3 is 2.76 bits per heavy atom. The van der Waals surface area contributed by atoms with Gasteiger partial charge in [-0.2, -0.15) is 5.26 Å². The third-order valence-corrected chi connectivity index (χ3v) is 2.46. The summed E-state index contributed by atoms with van der Waals surface area (Å²) in [6, 6.07) is 5.75. The van der Waals surface area contributed by atoms with Crippen LogP contribution in [0.5, 0.6) is 0 Å². The average Bonchev–Trinajstić information content (AvgIpc) is 2.28. The van der Waals surface area contributed by atoms with Crippen LogP contribution in [0.25, 0.3) is 0 Å². The minimum absolute atomic E-state index is 0.216. The molecule has 0 spiro atoms. The maximum absolute atomic E-state index is 11.4. The van der Waals surface area contributed by atoms with E-state index in [4.69, 9.17) is 15.7 Å². The van der Waals surface area contributed by atoms with Gasteiger partial charge in [-0.3, -0.25) is 4.79 Å². The molecule has 0 aliphatic heterocycles. The van der Waals surface area contributed by atoms with Crippen LogP contribution in [0, 0.1) is 18.3 Å². The molecule has 0 aromatic heterocycles. The zero-order valence-corrected chi connectivity index (χ0v) is 10.1. The summed E-state index contributed by atoms with van der Waals surface area (Å²) >= 11 is 0. The monoisotopic (exact) mass is 232 g/mol. The Labute approximate surface area is 101 Å². The van der Waals surface area contributed by atoms with Crippen LogP contribution in [-0.4, -0.2) is 12.6 Å². The lowest BCUT2D eigenvalue weighted by Crippen LogP contribution is -2.09. The Kier molecular flexibility index (Phi) is 4.68. The number of nitriles is 1. The average molecular weight is 232 g/mol. The summed E-state index contributed by atoms with van der Waals surface area (Å²) in [7, 11) is 0. The van der Waals surface area contributed by atoms with Crippen molar-refractivity contribution in [3.63, 3.8) is 0 Å². The molecule has 1 aromatic rings. The quantitative estimate of drug-likeness (QED) is 0.797. The number of rotatable bonds is 4. The molecule has 0 heterocycles. The number of hydrogen-bond donors (Lipinski definition) is 1. The van der Waals surface area contributed by atoms with Gasteiger partial charge in [-0.15, -0.1) is 0 Å². The van der Waals surface area contributed by atoms with E-state index in [1.807, 2.05) is 13.0 Å². The van der Waals surface area contributed by atoms with Crippen molar-refractivity contribution in [2.24, 2.45) is 5.73 Å².